The van der Waals surface area contributed by atoms with Crippen molar-refractivity contribution in [3.8, 4) is 0 Å². The summed E-state index contributed by atoms with van der Waals surface area (Å²) < 4.78 is 5.85. The van der Waals surface area contributed by atoms with E-state index in [1.165, 1.54) is 18.4 Å². The van der Waals surface area contributed by atoms with Crippen LogP contribution in [0.25, 0.3) is 0 Å². The molecule has 0 aliphatic heterocycles. The van der Waals surface area contributed by atoms with Crippen molar-refractivity contribution in [1.82, 2.24) is 0 Å². The van der Waals surface area contributed by atoms with Gasteiger partial charge in [-0.25, -0.2) is 4.79 Å². The van der Waals surface area contributed by atoms with E-state index in [0.717, 1.165) is 14.0 Å². The Morgan fingerprint density at radius 3 is 2.38 bits per heavy atom. The summed E-state index contributed by atoms with van der Waals surface area (Å²) in [7, 11) is 1.33. The van der Waals surface area contributed by atoms with Gasteiger partial charge < -0.3 is 10.1 Å². The number of thiophene rings is 1. The van der Waals surface area contributed by atoms with E-state index >= 15 is 0 Å². The van der Waals surface area contributed by atoms with E-state index in [9.17, 15) is 9.59 Å². The van der Waals surface area contributed by atoms with Crippen molar-refractivity contribution in [3.05, 3.63) is 49.4 Å². The number of carbonyl (C=O) groups excluding carboxylic acids is 2. The molecule has 0 saturated carbocycles. The van der Waals surface area contributed by atoms with Crippen molar-refractivity contribution < 1.29 is 14.3 Å². The Kier molecular flexibility index (Phi) is 5.00. The molecule has 2 rings (SSSR count). The SMILES string of the molecule is COC(=O)c1c(NC(=O)c2ccc(I)cc2)sc(C)c1C. The maximum absolute atomic E-state index is 12.3. The van der Waals surface area contributed by atoms with Crippen molar-refractivity contribution in [2.24, 2.45) is 0 Å². The van der Waals surface area contributed by atoms with Gasteiger partial charge in [-0.15, -0.1) is 11.3 Å². The summed E-state index contributed by atoms with van der Waals surface area (Å²) in [5, 5.41) is 3.33. The van der Waals surface area contributed by atoms with Crippen LogP contribution < -0.4 is 5.32 Å². The largest absolute Gasteiger partial charge is 0.465 e. The van der Waals surface area contributed by atoms with Crippen molar-refractivity contribution >= 4 is 50.8 Å². The molecule has 1 amide bonds. The van der Waals surface area contributed by atoms with Crippen LogP contribution in [0.3, 0.4) is 0 Å². The topological polar surface area (TPSA) is 55.4 Å². The zero-order valence-corrected chi connectivity index (χ0v) is 14.8. The average Bonchev–Trinajstić information content (AvgIpc) is 2.73. The molecule has 4 nitrogen and oxygen atoms in total. The summed E-state index contributed by atoms with van der Waals surface area (Å²) in [6.07, 6.45) is 0. The van der Waals surface area contributed by atoms with Crippen LogP contribution in [0, 0.1) is 17.4 Å². The number of halogens is 1. The number of methoxy groups -OCH3 is 1. The number of hydrogen-bond donors (Lipinski definition) is 1. The quantitative estimate of drug-likeness (QED) is 0.609. The van der Waals surface area contributed by atoms with Crippen molar-refractivity contribution in [1.29, 1.82) is 0 Å². The molecule has 0 atom stereocenters. The third-order valence-electron chi connectivity index (χ3n) is 3.11. The molecule has 1 aromatic heterocycles. The summed E-state index contributed by atoms with van der Waals surface area (Å²) in [5.74, 6) is -0.674. The third kappa shape index (κ3) is 3.44. The Bertz CT molecular complexity index is 692. The normalized spacial score (nSPS) is 10.3. The first kappa shape index (κ1) is 16.0. The van der Waals surface area contributed by atoms with E-state index < -0.39 is 5.97 Å². The molecule has 0 bridgehead atoms. The Morgan fingerprint density at radius 2 is 1.81 bits per heavy atom. The molecule has 0 fully saturated rings. The van der Waals surface area contributed by atoms with Gasteiger partial charge in [0, 0.05) is 14.0 Å². The number of esters is 1. The van der Waals surface area contributed by atoms with Crippen molar-refractivity contribution in [3.63, 3.8) is 0 Å². The Labute approximate surface area is 140 Å². The lowest BCUT2D eigenvalue weighted by Crippen LogP contribution is -2.14. The highest BCUT2D eigenvalue weighted by Gasteiger charge is 2.21. The minimum atomic E-state index is -0.435. The average molecular weight is 415 g/mol. The first-order valence-electron chi connectivity index (χ1n) is 6.19. The van der Waals surface area contributed by atoms with Gasteiger partial charge in [0.15, 0.2) is 0 Å². The summed E-state index contributed by atoms with van der Waals surface area (Å²) in [6.45, 7) is 3.76. The fourth-order valence-electron chi connectivity index (χ4n) is 1.84. The van der Waals surface area contributed by atoms with E-state index in [4.69, 9.17) is 4.74 Å². The number of carbonyl (C=O) groups is 2. The van der Waals surface area contributed by atoms with Crippen LogP contribution in [0.5, 0.6) is 0 Å². The van der Waals surface area contributed by atoms with E-state index in [0.29, 0.717) is 16.1 Å². The molecule has 0 radical (unpaired) electrons. The molecule has 21 heavy (non-hydrogen) atoms. The molecule has 6 heteroatoms. The molecule has 1 aromatic carbocycles. The predicted octanol–water partition coefficient (Wildman–Crippen LogP) is 4.01. The summed E-state index contributed by atoms with van der Waals surface area (Å²) >= 11 is 3.56. The smallest absolute Gasteiger partial charge is 0.341 e. The standard InChI is InChI=1S/C15H14INO3S/c1-8-9(2)21-14(12(8)15(19)20-3)17-13(18)10-4-6-11(16)7-5-10/h4-7H,1-3H3,(H,17,18). The van der Waals surface area contributed by atoms with Crippen LogP contribution in [0.1, 0.15) is 31.2 Å². The lowest BCUT2D eigenvalue weighted by Gasteiger charge is -2.06. The van der Waals surface area contributed by atoms with Crippen LogP contribution in [0.15, 0.2) is 24.3 Å². The summed E-state index contributed by atoms with van der Waals surface area (Å²) in [5.41, 5.74) is 1.82. The van der Waals surface area contributed by atoms with Crippen molar-refractivity contribution in [2.45, 2.75) is 13.8 Å². The minimum absolute atomic E-state index is 0.238. The van der Waals surface area contributed by atoms with Crippen molar-refractivity contribution in [2.75, 3.05) is 12.4 Å². The number of amides is 1. The van der Waals surface area contributed by atoms with Gasteiger partial charge >= 0.3 is 5.97 Å². The third-order valence-corrected chi connectivity index (χ3v) is 4.95. The molecule has 2 aromatic rings. The molecule has 110 valence electrons. The van der Waals surface area contributed by atoms with Gasteiger partial charge in [-0.3, -0.25) is 4.79 Å². The second-order valence-corrected chi connectivity index (χ2v) is 6.91. The van der Waals surface area contributed by atoms with E-state index in [2.05, 4.69) is 27.9 Å². The molecular formula is C15H14INO3S. The van der Waals surface area contributed by atoms with Gasteiger partial charge in [0.1, 0.15) is 5.00 Å². The van der Waals surface area contributed by atoms with Gasteiger partial charge in [-0.1, -0.05) is 0 Å². The highest BCUT2D eigenvalue weighted by atomic mass is 127. The van der Waals surface area contributed by atoms with Crippen LogP contribution in [-0.2, 0) is 4.74 Å². The molecular weight excluding hydrogens is 401 g/mol. The lowest BCUT2D eigenvalue weighted by molar-refractivity contribution is 0.0601. The zero-order valence-electron chi connectivity index (χ0n) is 11.8. The maximum atomic E-state index is 12.3. The number of rotatable bonds is 3. The van der Waals surface area contributed by atoms with Gasteiger partial charge in [-0.05, 0) is 66.3 Å². The second-order valence-electron chi connectivity index (χ2n) is 4.44. The van der Waals surface area contributed by atoms with Gasteiger partial charge in [0.25, 0.3) is 5.91 Å². The van der Waals surface area contributed by atoms with Gasteiger partial charge in [-0.2, -0.15) is 0 Å². The Morgan fingerprint density at radius 1 is 1.19 bits per heavy atom. The number of hydrogen-bond acceptors (Lipinski definition) is 4. The molecule has 0 unspecified atom stereocenters. The number of benzene rings is 1. The monoisotopic (exact) mass is 415 g/mol. The molecule has 0 aliphatic rings. The molecule has 1 heterocycles. The molecule has 0 spiro atoms. The first-order valence-corrected chi connectivity index (χ1v) is 8.08. The number of nitrogens with one attached hydrogen (secondary N) is 1. The zero-order chi connectivity index (χ0) is 15.6. The molecule has 1 N–H and O–H groups in total. The Hall–Kier alpha value is -1.41. The number of ether oxygens (including phenoxy) is 1. The van der Waals surface area contributed by atoms with E-state index in [1.807, 2.05) is 26.0 Å². The van der Waals surface area contributed by atoms with Crippen LogP contribution >= 0.6 is 33.9 Å². The number of aryl methyl sites for hydroxylation is 1. The molecule has 0 aliphatic carbocycles. The number of anilines is 1. The van der Waals surface area contributed by atoms with Crippen LogP contribution in [0.2, 0.25) is 0 Å². The minimum Gasteiger partial charge on any atom is -0.465 e. The van der Waals surface area contributed by atoms with Gasteiger partial charge in [0.05, 0.1) is 12.7 Å². The lowest BCUT2D eigenvalue weighted by atomic mass is 10.1. The summed E-state index contributed by atoms with van der Waals surface area (Å²) in [4.78, 5) is 25.1. The van der Waals surface area contributed by atoms with E-state index in [1.54, 1.807) is 12.1 Å². The summed E-state index contributed by atoms with van der Waals surface area (Å²) in [6, 6.07) is 7.23. The maximum Gasteiger partial charge on any atom is 0.341 e. The van der Waals surface area contributed by atoms with E-state index in [-0.39, 0.29) is 5.91 Å². The highest BCUT2D eigenvalue weighted by molar-refractivity contribution is 14.1. The first-order chi connectivity index (χ1) is 9.93. The highest BCUT2D eigenvalue weighted by Crippen LogP contribution is 2.33. The van der Waals surface area contributed by atoms with Crippen LogP contribution in [0.4, 0.5) is 5.00 Å². The van der Waals surface area contributed by atoms with Gasteiger partial charge in [0.2, 0.25) is 0 Å². The Balaban J connectivity index is 2.31. The fraction of sp³-hybridized carbons (Fsp3) is 0.200. The fourth-order valence-corrected chi connectivity index (χ4v) is 3.24. The molecule has 0 saturated heterocycles. The second kappa shape index (κ2) is 6.57. The predicted molar refractivity (Wildman–Crippen MR) is 92.2 cm³/mol. The van der Waals surface area contributed by atoms with Crippen LogP contribution in [-0.4, -0.2) is 19.0 Å².